The lowest BCUT2D eigenvalue weighted by Crippen LogP contribution is -2.38. The summed E-state index contributed by atoms with van der Waals surface area (Å²) in [6.45, 7) is 4.91. The van der Waals surface area contributed by atoms with Crippen LogP contribution in [0, 0.1) is 13.8 Å². The molecule has 25 heavy (non-hydrogen) atoms. The molecule has 2 N–H and O–H groups in total. The molecule has 132 valence electrons. The lowest BCUT2D eigenvalue weighted by molar-refractivity contribution is 0.0412. The number of rotatable bonds is 5. The van der Waals surface area contributed by atoms with Crippen molar-refractivity contribution in [2.45, 2.75) is 31.3 Å². The zero-order valence-electron chi connectivity index (χ0n) is 14.4. The zero-order valence-corrected chi connectivity index (χ0v) is 15.2. The first-order valence-corrected chi connectivity index (χ1v) is 9.46. The summed E-state index contributed by atoms with van der Waals surface area (Å²) in [4.78, 5) is 0.216. The monoisotopic (exact) mass is 359 g/mol. The Morgan fingerprint density at radius 3 is 2.56 bits per heavy atom. The van der Waals surface area contributed by atoms with Crippen LogP contribution in [0.5, 0.6) is 0 Å². The van der Waals surface area contributed by atoms with Gasteiger partial charge in [0.2, 0.25) is 10.0 Å². The van der Waals surface area contributed by atoms with E-state index in [1.807, 2.05) is 31.2 Å². The van der Waals surface area contributed by atoms with Crippen molar-refractivity contribution in [2.75, 3.05) is 6.54 Å². The minimum absolute atomic E-state index is 0.192. The van der Waals surface area contributed by atoms with Crippen LogP contribution in [0.4, 0.5) is 0 Å². The third kappa shape index (κ3) is 3.61. The molecule has 5 nitrogen and oxygen atoms in total. The second-order valence-electron chi connectivity index (χ2n) is 6.52. The number of fused-ring (bicyclic) bond motifs is 1. The van der Waals surface area contributed by atoms with Crippen LogP contribution in [-0.2, 0) is 15.6 Å². The molecule has 0 aliphatic heterocycles. The highest BCUT2D eigenvalue weighted by molar-refractivity contribution is 7.89. The van der Waals surface area contributed by atoms with Crippen LogP contribution in [0.15, 0.2) is 57.8 Å². The fourth-order valence-corrected chi connectivity index (χ4v) is 4.10. The lowest BCUT2D eigenvalue weighted by Gasteiger charge is -2.21. The molecule has 0 bridgehead atoms. The Bertz CT molecular complexity index is 986. The van der Waals surface area contributed by atoms with Crippen molar-refractivity contribution in [3.63, 3.8) is 0 Å². The predicted octanol–water partition coefficient (Wildman–Crippen LogP) is 3.24. The van der Waals surface area contributed by atoms with E-state index in [1.54, 1.807) is 31.2 Å². The van der Waals surface area contributed by atoms with Gasteiger partial charge in [-0.2, -0.15) is 0 Å². The maximum Gasteiger partial charge on any atom is 0.240 e. The smallest absolute Gasteiger partial charge is 0.240 e. The molecule has 2 aromatic carbocycles. The Morgan fingerprint density at radius 2 is 1.84 bits per heavy atom. The Kier molecular flexibility index (Phi) is 4.45. The van der Waals surface area contributed by atoms with Crippen LogP contribution in [0.3, 0.4) is 0 Å². The summed E-state index contributed by atoms with van der Waals surface area (Å²) in [5.74, 6) is 0.317. The molecule has 6 heteroatoms. The van der Waals surface area contributed by atoms with Gasteiger partial charge in [-0.3, -0.25) is 0 Å². The quantitative estimate of drug-likeness (QED) is 0.733. The van der Waals surface area contributed by atoms with Gasteiger partial charge in [-0.05, 0) is 50.1 Å². The number of hydrogen-bond acceptors (Lipinski definition) is 4. The van der Waals surface area contributed by atoms with Crippen LogP contribution in [-0.4, -0.2) is 20.1 Å². The highest BCUT2D eigenvalue weighted by Gasteiger charge is 2.30. The van der Waals surface area contributed by atoms with E-state index in [0.717, 1.165) is 10.9 Å². The first kappa shape index (κ1) is 17.7. The van der Waals surface area contributed by atoms with E-state index in [1.165, 1.54) is 6.92 Å². The van der Waals surface area contributed by atoms with Crippen LogP contribution < -0.4 is 4.72 Å². The van der Waals surface area contributed by atoms with E-state index < -0.39 is 15.6 Å². The van der Waals surface area contributed by atoms with E-state index in [9.17, 15) is 13.5 Å². The summed E-state index contributed by atoms with van der Waals surface area (Å²) >= 11 is 0. The standard InChI is InChI=1S/C19H21NO4S/c1-13-8-9-14(2)17(10-13)25(22,23)20-12-19(3,21)18-11-15-6-4-5-7-16(15)24-18/h4-11,20-21H,12H2,1-3H3. The number of aliphatic hydroxyl groups is 1. The molecule has 0 radical (unpaired) electrons. The maximum atomic E-state index is 12.6. The Balaban J connectivity index is 1.84. The van der Waals surface area contributed by atoms with Crippen LogP contribution >= 0.6 is 0 Å². The second-order valence-corrected chi connectivity index (χ2v) is 8.25. The first-order valence-electron chi connectivity index (χ1n) is 7.97. The molecule has 0 aliphatic rings. The molecule has 0 saturated carbocycles. The van der Waals surface area contributed by atoms with Crippen molar-refractivity contribution >= 4 is 21.0 Å². The molecule has 0 aliphatic carbocycles. The Morgan fingerprint density at radius 1 is 1.12 bits per heavy atom. The summed E-state index contributed by atoms with van der Waals surface area (Å²) in [7, 11) is -3.74. The molecular formula is C19H21NO4S. The highest BCUT2D eigenvalue weighted by Crippen LogP contribution is 2.28. The summed E-state index contributed by atoms with van der Waals surface area (Å²) < 4.78 is 33.4. The lowest BCUT2D eigenvalue weighted by atomic mass is 10.0. The normalized spacial score (nSPS) is 14.6. The first-order chi connectivity index (χ1) is 11.7. The minimum atomic E-state index is -3.74. The number of aryl methyl sites for hydroxylation is 2. The van der Waals surface area contributed by atoms with Crippen LogP contribution in [0.25, 0.3) is 11.0 Å². The molecule has 0 amide bonds. The van der Waals surface area contributed by atoms with Gasteiger partial charge in [0, 0.05) is 11.9 Å². The number of benzene rings is 2. The van der Waals surface area contributed by atoms with Gasteiger partial charge < -0.3 is 9.52 Å². The third-order valence-corrected chi connectivity index (χ3v) is 5.74. The van der Waals surface area contributed by atoms with E-state index in [0.29, 0.717) is 16.9 Å². The van der Waals surface area contributed by atoms with Crippen molar-refractivity contribution in [3.8, 4) is 0 Å². The van der Waals surface area contributed by atoms with Gasteiger partial charge in [0.05, 0.1) is 4.90 Å². The molecule has 0 saturated heterocycles. The average molecular weight is 359 g/mol. The molecule has 0 spiro atoms. The number of para-hydroxylation sites is 1. The molecule has 1 aromatic heterocycles. The molecule has 0 fully saturated rings. The molecule has 1 heterocycles. The number of hydrogen-bond donors (Lipinski definition) is 2. The van der Waals surface area contributed by atoms with E-state index in [-0.39, 0.29) is 11.4 Å². The summed E-state index contributed by atoms with van der Waals surface area (Å²) in [6, 6.07) is 14.4. The van der Waals surface area contributed by atoms with Crippen molar-refractivity contribution < 1.29 is 17.9 Å². The largest absolute Gasteiger partial charge is 0.458 e. The summed E-state index contributed by atoms with van der Waals surface area (Å²) in [5.41, 5.74) is 0.691. The molecule has 3 rings (SSSR count). The number of furan rings is 1. The topological polar surface area (TPSA) is 79.5 Å². The van der Waals surface area contributed by atoms with Crippen LogP contribution in [0.2, 0.25) is 0 Å². The summed E-state index contributed by atoms with van der Waals surface area (Å²) in [6.07, 6.45) is 0. The average Bonchev–Trinajstić information content (AvgIpc) is 3.00. The van der Waals surface area contributed by atoms with Crippen LogP contribution in [0.1, 0.15) is 23.8 Å². The van der Waals surface area contributed by atoms with Gasteiger partial charge >= 0.3 is 0 Å². The van der Waals surface area contributed by atoms with Crippen molar-refractivity contribution in [1.82, 2.24) is 4.72 Å². The second kappa shape index (κ2) is 6.29. The minimum Gasteiger partial charge on any atom is -0.458 e. The fraction of sp³-hybridized carbons (Fsp3) is 0.263. The molecule has 1 unspecified atom stereocenters. The van der Waals surface area contributed by atoms with E-state index in [2.05, 4.69) is 4.72 Å². The Labute approximate surface area is 147 Å². The number of sulfonamides is 1. The van der Waals surface area contributed by atoms with Gasteiger partial charge in [0.25, 0.3) is 0 Å². The Hall–Kier alpha value is -2.15. The summed E-state index contributed by atoms with van der Waals surface area (Å²) in [5, 5.41) is 11.6. The van der Waals surface area contributed by atoms with Gasteiger partial charge in [-0.1, -0.05) is 30.3 Å². The van der Waals surface area contributed by atoms with E-state index >= 15 is 0 Å². The maximum absolute atomic E-state index is 12.6. The van der Waals surface area contributed by atoms with Crippen molar-refractivity contribution in [3.05, 3.63) is 65.4 Å². The van der Waals surface area contributed by atoms with Crippen molar-refractivity contribution in [1.29, 1.82) is 0 Å². The van der Waals surface area contributed by atoms with Gasteiger partial charge in [-0.25, -0.2) is 13.1 Å². The predicted molar refractivity (Wildman–Crippen MR) is 96.9 cm³/mol. The van der Waals surface area contributed by atoms with E-state index in [4.69, 9.17) is 4.42 Å². The fourth-order valence-electron chi connectivity index (χ4n) is 2.64. The zero-order chi connectivity index (χ0) is 18.2. The SMILES string of the molecule is Cc1ccc(C)c(S(=O)(=O)NCC(C)(O)c2cc3ccccc3o2)c1. The molecule has 3 aromatic rings. The molecular weight excluding hydrogens is 338 g/mol. The van der Waals surface area contributed by atoms with Gasteiger partial charge in [0.1, 0.15) is 16.9 Å². The number of nitrogens with one attached hydrogen (secondary N) is 1. The van der Waals surface area contributed by atoms with Crippen molar-refractivity contribution in [2.24, 2.45) is 0 Å². The van der Waals surface area contributed by atoms with Gasteiger partial charge in [-0.15, -0.1) is 0 Å². The third-order valence-electron chi connectivity index (χ3n) is 4.20. The highest BCUT2D eigenvalue weighted by atomic mass is 32.2. The molecule has 1 atom stereocenters. The van der Waals surface area contributed by atoms with Gasteiger partial charge in [0.15, 0.2) is 0 Å².